The van der Waals surface area contributed by atoms with Crippen LogP contribution in [-0.2, 0) is 6.42 Å². The number of benzene rings is 4. The van der Waals surface area contributed by atoms with Crippen molar-refractivity contribution in [3.8, 4) is 17.2 Å². The van der Waals surface area contributed by atoms with Crippen LogP contribution < -0.4 is 20.5 Å². The molecule has 0 aliphatic rings. The summed E-state index contributed by atoms with van der Waals surface area (Å²) in [6.07, 6.45) is 0.101. The SMILES string of the molecule is CC(C)(Cc1ccc(Oc2ccc(C(N)=O)cc2)cc1)NCC(O)COc1cccc2[nH]c3ccccc3c12. The predicted octanol–water partition coefficient (Wildman–Crippen LogP) is 5.56. The molecule has 1 aromatic heterocycles. The summed E-state index contributed by atoms with van der Waals surface area (Å²) >= 11 is 0. The van der Waals surface area contributed by atoms with Gasteiger partial charge in [-0.1, -0.05) is 36.4 Å². The number of aromatic nitrogens is 1. The molecule has 0 saturated heterocycles. The number of hydrogen-bond donors (Lipinski definition) is 4. The maximum Gasteiger partial charge on any atom is 0.248 e. The van der Waals surface area contributed by atoms with Crippen LogP contribution in [0.15, 0.2) is 91.0 Å². The van der Waals surface area contributed by atoms with Gasteiger partial charge >= 0.3 is 0 Å². The highest BCUT2D eigenvalue weighted by molar-refractivity contribution is 6.10. The Hall–Kier alpha value is -4.33. The molecule has 0 spiro atoms. The maximum atomic E-state index is 11.2. The molecular weight excluding hydrogens is 490 g/mol. The Labute approximate surface area is 227 Å². The zero-order valence-electron chi connectivity index (χ0n) is 22.1. The van der Waals surface area contributed by atoms with Crippen LogP contribution in [0.1, 0.15) is 29.8 Å². The number of primary amides is 1. The Morgan fingerprint density at radius 2 is 1.59 bits per heavy atom. The van der Waals surface area contributed by atoms with Crippen molar-refractivity contribution in [3.63, 3.8) is 0 Å². The number of aliphatic hydroxyl groups is 1. The van der Waals surface area contributed by atoms with Crippen LogP contribution in [0.2, 0.25) is 0 Å². The molecule has 5 N–H and O–H groups in total. The van der Waals surface area contributed by atoms with Gasteiger partial charge in [0.25, 0.3) is 0 Å². The molecule has 7 nitrogen and oxygen atoms in total. The number of nitrogens with one attached hydrogen (secondary N) is 2. The lowest BCUT2D eigenvalue weighted by atomic mass is 9.94. The molecule has 0 bridgehead atoms. The number of para-hydroxylation sites is 1. The summed E-state index contributed by atoms with van der Waals surface area (Å²) in [5.74, 6) is 1.63. The topological polar surface area (TPSA) is 110 Å². The van der Waals surface area contributed by atoms with E-state index in [4.69, 9.17) is 15.2 Å². The molecule has 0 aliphatic carbocycles. The molecule has 39 heavy (non-hydrogen) atoms. The van der Waals surface area contributed by atoms with Gasteiger partial charge in [-0.05, 0) is 80.4 Å². The Balaban J connectivity index is 1.13. The van der Waals surface area contributed by atoms with E-state index in [2.05, 4.69) is 30.2 Å². The summed E-state index contributed by atoms with van der Waals surface area (Å²) in [7, 11) is 0. The van der Waals surface area contributed by atoms with E-state index < -0.39 is 12.0 Å². The van der Waals surface area contributed by atoms with Crippen LogP contribution in [0.4, 0.5) is 0 Å². The van der Waals surface area contributed by atoms with E-state index in [0.717, 1.165) is 39.5 Å². The van der Waals surface area contributed by atoms with E-state index >= 15 is 0 Å². The number of hydrogen-bond acceptors (Lipinski definition) is 5. The summed E-state index contributed by atoms with van der Waals surface area (Å²) in [5.41, 5.74) is 8.70. The molecular formula is C32H33N3O4. The van der Waals surface area contributed by atoms with Gasteiger partial charge in [0.15, 0.2) is 0 Å². The fraction of sp³-hybridized carbons (Fsp3) is 0.219. The van der Waals surface area contributed by atoms with E-state index in [1.165, 1.54) is 0 Å². The zero-order chi connectivity index (χ0) is 27.4. The maximum absolute atomic E-state index is 11.2. The number of nitrogens with two attached hydrogens (primary N) is 1. The molecule has 1 amide bonds. The number of aromatic amines is 1. The molecule has 7 heteroatoms. The highest BCUT2D eigenvalue weighted by Crippen LogP contribution is 2.33. The fourth-order valence-electron chi connectivity index (χ4n) is 4.70. The lowest BCUT2D eigenvalue weighted by Gasteiger charge is -2.28. The van der Waals surface area contributed by atoms with Gasteiger partial charge in [-0.3, -0.25) is 4.79 Å². The standard InChI is InChI=1S/C32H33N3O4/c1-32(2,18-21-10-14-24(15-11-21)39-25-16-12-22(13-17-25)31(33)37)34-19-23(36)20-38-29-9-5-8-28-30(29)26-6-3-4-7-27(26)35-28/h3-17,23,34-36H,18-20H2,1-2H3,(H2,33,37). The third-order valence-corrected chi connectivity index (χ3v) is 6.68. The van der Waals surface area contributed by atoms with Crippen molar-refractivity contribution in [2.24, 2.45) is 5.73 Å². The number of rotatable bonds is 11. The summed E-state index contributed by atoms with van der Waals surface area (Å²) < 4.78 is 11.9. The van der Waals surface area contributed by atoms with Gasteiger partial charge in [-0.25, -0.2) is 0 Å². The van der Waals surface area contributed by atoms with Gasteiger partial charge in [0.05, 0.1) is 5.52 Å². The molecule has 1 heterocycles. The summed E-state index contributed by atoms with van der Waals surface area (Å²) in [4.78, 5) is 14.6. The second kappa shape index (κ2) is 11.2. The third kappa shape index (κ3) is 6.39. The van der Waals surface area contributed by atoms with E-state index in [-0.39, 0.29) is 12.1 Å². The molecule has 0 fully saturated rings. The van der Waals surface area contributed by atoms with E-state index in [1.54, 1.807) is 24.3 Å². The predicted molar refractivity (Wildman–Crippen MR) is 155 cm³/mol. The van der Waals surface area contributed by atoms with Crippen molar-refractivity contribution in [1.82, 2.24) is 10.3 Å². The summed E-state index contributed by atoms with van der Waals surface area (Å²) in [5, 5.41) is 16.3. The molecule has 5 rings (SSSR count). The number of carbonyl (C=O) groups excluding carboxylic acids is 1. The van der Waals surface area contributed by atoms with Crippen LogP contribution in [0, 0.1) is 0 Å². The largest absolute Gasteiger partial charge is 0.490 e. The van der Waals surface area contributed by atoms with Crippen LogP contribution in [0.25, 0.3) is 21.8 Å². The first kappa shape index (κ1) is 26.3. The van der Waals surface area contributed by atoms with Gasteiger partial charge in [-0.15, -0.1) is 0 Å². The lowest BCUT2D eigenvalue weighted by Crippen LogP contribution is -2.46. The summed E-state index contributed by atoms with van der Waals surface area (Å²) in [6, 6.07) is 28.7. The highest BCUT2D eigenvalue weighted by Gasteiger charge is 2.20. The van der Waals surface area contributed by atoms with Crippen molar-refractivity contribution >= 4 is 27.7 Å². The first-order valence-electron chi connectivity index (χ1n) is 13.0. The smallest absolute Gasteiger partial charge is 0.248 e. The number of carbonyl (C=O) groups is 1. The number of H-pyrrole nitrogens is 1. The monoisotopic (exact) mass is 523 g/mol. The number of β-amino-alcohol motifs (C(OH)–C–C–N with tert-alkyl or cyclic N) is 1. The van der Waals surface area contributed by atoms with E-state index in [1.807, 2.05) is 60.7 Å². The van der Waals surface area contributed by atoms with Gasteiger partial charge in [0.1, 0.15) is 30.0 Å². The number of fused-ring (bicyclic) bond motifs is 3. The average Bonchev–Trinajstić information content (AvgIpc) is 3.31. The number of aliphatic hydroxyl groups excluding tert-OH is 1. The molecule has 0 saturated carbocycles. The third-order valence-electron chi connectivity index (χ3n) is 6.68. The van der Waals surface area contributed by atoms with E-state index in [9.17, 15) is 9.90 Å². The normalized spacial score (nSPS) is 12.5. The Bertz CT molecular complexity index is 1570. The van der Waals surface area contributed by atoms with Crippen LogP contribution in [0.5, 0.6) is 17.2 Å². The van der Waals surface area contributed by atoms with Gasteiger partial charge in [0.2, 0.25) is 5.91 Å². The van der Waals surface area contributed by atoms with Crippen molar-refractivity contribution in [2.75, 3.05) is 13.2 Å². The lowest BCUT2D eigenvalue weighted by molar-refractivity contribution is 0.0995. The second-order valence-electron chi connectivity index (χ2n) is 10.4. The van der Waals surface area contributed by atoms with Crippen molar-refractivity contribution in [2.45, 2.75) is 31.9 Å². The summed E-state index contributed by atoms with van der Waals surface area (Å²) in [6.45, 7) is 4.81. The number of ether oxygens (including phenoxy) is 2. The molecule has 1 unspecified atom stereocenters. The molecule has 200 valence electrons. The van der Waals surface area contributed by atoms with E-state index in [0.29, 0.717) is 23.6 Å². The van der Waals surface area contributed by atoms with Gasteiger partial charge < -0.3 is 30.6 Å². The minimum absolute atomic E-state index is 0.189. The van der Waals surface area contributed by atoms with Crippen LogP contribution in [0.3, 0.4) is 0 Å². The Morgan fingerprint density at radius 3 is 2.31 bits per heavy atom. The minimum Gasteiger partial charge on any atom is -0.490 e. The quantitative estimate of drug-likeness (QED) is 0.181. The number of amides is 1. The van der Waals surface area contributed by atoms with Crippen molar-refractivity contribution in [3.05, 3.63) is 102 Å². The fourth-order valence-corrected chi connectivity index (χ4v) is 4.70. The van der Waals surface area contributed by atoms with Crippen LogP contribution in [-0.4, -0.2) is 40.8 Å². The Morgan fingerprint density at radius 1 is 0.923 bits per heavy atom. The van der Waals surface area contributed by atoms with Crippen molar-refractivity contribution < 1.29 is 19.4 Å². The molecule has 5 aromatic rings. The van der Waals surface area contributed by atoms with Gasteiger partial charge in [-0.2, -0.15) is 0 Å². The molecule has 1 atom stereocenters. The van der Waals surface area contributed by atoms with Gasteiger partial charge in [0, 0.05) is 33.9 Å². The van der Waals surface area contributed by atoms with Crippen LogP contribution >= 0.6 is 0 Å². The molecule has 0 radical (unpaired) electrons. The highest BCUT2D eigenvalue weighted by atomic mass is 16.5. The minimum atomic E-state index is -0.665. The molecule has 0 aliphatic heterocycles. The average molecular weight is 524 g/mol. The first-order chi connectivity index (χ1) is 18.8. The first-order valence-corrected chi connectivity index (χ1v) is 13.0. The van der Waals surface area contributed by atoms with Crippen molar-refractivity contribution in [1.29, 1.82) is 0 Å². The Kier molecular flexibility index (Phi) is 7.54. The molecule has 4 aromatic carbocycles. The second-order valence-corrected chi connectivity index (χ2v) is 10.4. The zero-order valence-corrected chi connectivity index (χ0v) is 22.1.